The Kier molecular flexibility index (Phi) is 3.98. The van der Waals surface area contributed by atoms with E-state index in [1.165, 1.54) is 0 Å². The topological polar surface area (TPSA) is 25.8 Å². The van der Waals surface area contributed by atoms with Gasteiger partial charge in [0.25, 0.3) is 0 Å². The van der Waals surface area contributed by atoms with Gasteiger partial charge in [-0.3, -0.25) is 0 Å². The normalized spacial score (nSPS) is 11.8. The van der Waals surface area contributed by atoms with E-state index in [1.54, 1.807) is 12.1 Å². The zero-order valence-corrected chi connectivity index (χ0v) is 13.5. The Balaban J connectivity index is 2.31. The number of benzene rings is 2. The van der Waals surface area contributed by atoms with E-state index in [0.29, 0.717) is 10.7 Å². The molecule has 0 spiro atoms. The predicted molar refractivity (Wildman–Crippen MR) is 89.2 cm³/mol. The van der Waals surface area contributed by atoms with Gasteiger partial charge in [0, 0.05) is 16.0 Å². The summed E-state index contributed by atoms with van der Waals surface area (Å²) in [7, 11) is 0. The average molecular weight is 358 g/mol. The minimum Gasteiger partial charge on any atom is -0.228 e. The van der Waals surface area contributed by atoms with E-state index < -0.39 is 3.79 Å². The highest BCUT2D eigenvalue weighted by atomic mass is 35.6. The van der Waals surface area contributed by atoms with Crippen molar-refractivity contribution < 1.29 is 0 Å². The van der Waals surface area contributed by atoms with Crippen molar-refractivity contribution in [2.45, 2.75) is 3.79 Å². The molecule has 6 heteroatoms. The summed E-state index contributed by atoms with van der Waals surface area (Å²) in [5.74, 6) is 0.149. The van der Waals surface area contributed by atoms with Crippen LogP contribution in [0.3, 0.4) is 0 Å². The van der Waals surface area contributed by atoms with Gasteiger partial charge in [-0.25, -0.2) is 9.97 Å². The van der Waals surface area contributed by atoms with Crippen molar-refractivity contribution in [1.82, 2.24) is 9.97 Å². The molecule has 2 aromatic carbocycles. The Morgan fingerprint density at radius 3 is 2.14 bits per heavy atom. The monoisotopic (exact) mass is 356 g/mol. The van der Waals surface area contributed by atoms with Gasteiger partial charge < -0.3 is 0 Å². The van der Waals surface area contributed by atoms with Crippen molar-refractivity contribution in [3.8, 4) is 11.3 Å². The average Bonchev–Trinajstić information content (AvgIpc) is 2.46. The lowest BCUT2D eigenvalue weighted by Gasteiger charge is -2.13. The Hall–Kier alpha value is -1.06. The zero-order valence-electron chi connectivity index (χ0n) is 10.5. The lowest BCUT2D eigenvalue weighted by Crippen LogP contribution is -2.08. The molecule has 0 radical (unpaired) electrons. The first-order valence-corrected chi connectivity index (χ1v) is 7.56. The van der Waals surface area contributed by atoms with Crippen LogP contribution in [0.2, 0.25) is 5.02 Å². The highest BCUT2D eigenvalue weighted by molar-refractivity contribution is 6.66. The van der Waals surface area contributed by atoms with E-state index in [1.807, 2.05) is 36.4 Å². The third kappa shape index (κ3) is 3.09. The van der Waals surface area contributed by atoms with Crippen LogP contribution in [-0.4, -0.2) is 9.97 Å². The summed E-state index contributed by atoms with van der Waals surface area (Å²) in [6, 6.07) is 14.9. The lowest BCUT2D eigenvalue weighted by atomic mass is 10.1. The molecule has 0 saturated carbocycles. The summed E-state index contributed by atoms with van der Waals surface area (Å²) in [6.07, 6.45) is 0. The number of alkyl halides is 3. The van der Waals surface area contributed by atoms with Crippen molar-refractivity contribution in [1.29, 1.82) is 0 Å². The van der Waals surface area contributed by atoms with Gasteiger partial charge in [0.2, 0.25) is 3.79 Å². The van der Waals surface area contributed by atoms with Gasteiger partial charge in [-0.2, -0.15) is 0 Å². The van der Waals surface area contributed by atoms with Crippen LogP contribution in [0.15, 0.2) is 48.5 Å². The number of aromatic nitrogens is 2. The number of rotatable bonds is 1. The molecule has 0 aliphatic rings. The summed E-state index contributed by atoms with van der Waals surface area (Å²) in [5, 5.41) is 1.54. The first-order chi connectivity index (χ1) is 9.95. The minimum absolute atomic E-state index is 0.149. The molecule has 21 heavy (non-hydrogen) atoms. The SMILES string of the molecule is Clc1ccc(-c2nc(C(Cl)(Cl)Cl)nc3ccccc23)cc1. The maximum Gasteiger partial charge on any atom is 0.250 e. The van der Waals surface area contributed by atoms with E-state index in [4.69, 9.17) is 46.4 Å². The van der Waals surface area contributed by atoms with Crippen LogP contribution < -0.4 is 0 Å². The van der Waals surface area contributed by atoms with Crippen LogP contribution in [0.5, 0.6) is 0 Å². The first-order valence-electron chi connectivity index (χ1n) is 6.05. The lowest BCUT2D eigenvalue weighted by molar-refractivity contribution is 0.999. The highest BCUT2D eigenvalue weighted by Gasteiger charge is 2.28. The number of nitrogens with zero attached hydrogens (tertiary/aromatic N) is 2. The second-order valence-electron chi connectivity index (χ2n) is 4.42. The van der Waals surface area contributed by atoms with E-state index in [2.05, 4.69) is 9.97 Å². The minimum atomic E-state index is -1.68. The summed E-state index contributed by atoms with van der Waals surface area (Å²) in [6.45, 7) is 0. The Morgan fingerprint density at radius 2 is 1.48 bits per heavy atom. The van der Waals surface area contributed by atoms with Gasteiger partial charge >= 0.3 is 0 Å². The maximum atomic E-state index is 5.93. The quantitative estimate of drug-likeness (QED) is 0.516. The van der Waals surface area contributed by atoms with Gasteiger partial charge in [0.1, 0.15) is 0 Å². The van der Waals surface area contributed by atoms with E-state index in [0.717, 1.165) is 16.5 Å². The maximum absolute atomic E-state index is 5.93. The predicted octanol–water partition coefficient (Wildman–Crippen LogP) is 5.78. The number of hydrogen-bond donors (Lipinski definition) is 0. The van der Waals surface area contributed by atoms with Crippen molar-refractivity contribution in [2.24, 2.45) is 0 Å². The van der Waals surface area contributed by atoms with Crippen LogP contribution in [0.1, 0.15) is 5.82 Å². The molecule has 1 heterocycles. The molecule has 0 N–H and O–H groups in total. The molecule has 0 saturated heterocycles. The van der Waals surface area contributed by atoms with Crippen LogP contribution in [0.4, 0.5) is 0 Å². The van der Waals surface area contributed by atoms with Gasteiger partial charge in [-0.05, 0) is 18.2 Å². The summed E-state index contributed by atoms with van der Waals surface area (Å²) < 4.78 is -1.68. The fraction of sp³-hybridized carbons (Fsp3) is 0.0667. The van der Waals surface area contributed by atoms with Crippen LogP contribution in [0, 0.1) is 0 Å². The molecule has 0 fully saturated rings. The van der Waals surface area contributed by atoms with Crippen molar-refractivity contribution in [2.75, 3.05) is 0 Å². The van der Waals surface area contributed by atoms with E-state index in [-0.39, 0.29) is 5.82 Å². The van der Waals surface area contributed by atoms with Crippen LogP contribution >= 0.6 is 46.4 Å². The number of hydrogen-bond acceptors (Lipinski definition) is 2. The van der Waals surface area contributed by atoms with E-state index >= 15 is 0 Å². The fourth-order valence-corrected chi connectivity index (χ4v) is 2.41. The molecule has 3 aromatic rings. The molecule has 0 amide bonds. The smallest absolute Gasteiger partial charge is 0.228 e. The molecular formula is C15H8Cl4N2. The van der Waals surface area contributed by atoms with Gasteiger partial charge in [0.15, 0.2) is 5.82 Å². The molecule has 2 nitrogen and oxygen atoms in total. The fourth-order valence-electron chi connectivity index (χ4n) is 2.03. The van der Waals surface area contributed by atoms with Gasteiger partial charge in [-0.15, -0.1) is 0 Å². The third-order valence-corrected chi connectivity index (χ3v) is 3.73. The molecule has 0 bridgehead atoms. The van der Waals surface area contributed by atoms with E-state index in [9.17, 15) is 0 Å². The molecule has 3 rings (SSSR count). The molecular weight excluding hydrogens is 350 g/mol. The summed E-state index contributed by atoms with van der Waals surface area (Å²) in [4.78, 5) is 8.74. The zero-order chi connectivity index (χ0) is 15.0. The number of fused-ring (bicyclic) bond motifs is 1. The standard InChI is InChI=1S/C15H8Cl4N2/c16-10-7-5-9(6-8-10)13-11-3-1-2-4-12(11)20-14(21-13)15(17,18)19/h1-8H. The van der Waals surface area contributed by atoms with Crippen molar-refractivity contribution >= 4 is 57.3 Å². The number of halogens is 4. The second kappa shape index (κ2) is 5.62. The summed E-state index contributed by atoms with van der Waals surface area (Å²) >= 11 is 23.7. The Bertz CT molecular complexity index is 795. The Labute approximate surface area is 141 Å². The summed E-state index contributed by atoms with van der Waals surface area (Å²) in [5.41, 5.74) is 2.31. The number of para-hydroxylation sites is 1. The molecule has 0 unspecified atom stereocenters. The molecule has 0 aliphatic heterocycles. The van der Waals surface area contributed by atoms with Crippen molar-refractivity contribution in [3.63, 3.8) is 0 Å². The molecule has 0 aliphatic carbocycles. The van der Waals surface area contributed by atoms with Crippen LogP contribution in [-0.2, 0) is 3.79 Å². The first kappa shape index (κ1) is 14.9. The Morgan fingerprint density at radius 1 is 0.810 bits per heavy atom. The third-order valence-electron chi connectivity index (χ3n) is 2.97. The van der Waals surface area contributed by atoms with Crippen LogP contribution in [0.25, 0.3) is 22.2 Å². The van der Waals surface area contributed by atoms with Crippen molar-refractivity contribution in [3.05, 3.63) is 59.4 Å². The highest BCUT2D eigenvalue weighted by Crippen LogP contribution is 2.38. The molecule has 106 valence electrons. The largest absolute Gasteiger partial charge is 0.250 e. The second-order valence-corrected chi connectivity index (χ2v) is 7.14. The molecule has 0 atom stereocenters. The van der Waals surface area contributed by atoms with Gasteiger partial charge in [0.05, 0.1) is 11.2 Å². The molecule has 1 aromatic heterocycles. The van der Waals surface area contributed by atoms with Gasteiger partial charge in [-0.1, -0.05) is 76.7 Å².